The fourth-order valence-corrected chi connectivity index (χ4v) is 5.25. The minimum atomic E-state index is -0.778. The molecule has 0 radical (unpaired) electrons. The Morgan fingerprint density at radius 2 is 1.67 bits per heavy atom. The molecule has 0 saturated carbocycles. The van der Waals surface area contributed by atoms with Crippen LogP contribution in [0.25, 0.3) is 5.76 Å². The van der Waals surface area contributed by atoms with E-state index in [2.05, 4.69) is 32.6 Å². The van der Waals surface area contributed by atoms with Crippen LogP contribution in [0.1, 0.15) is 57.7 Å². The summed E-state index contributed by atoms with van der Waals surface area (Å²) in [6, 6.07) is 11.6. The average Bonchev–Trinajstić information content (AvgIpc) is 3.25. The molecule has 2 aliphatic heterocycles. The Hall–Kier alpha value is -3.56. The fraction of sp³-hybridized carbons (Fsp3) is 0.529. The van der Waals surface area contributed by atoms with Crippen molar-refractivity contribution in [3.05, 3.63) is 59.2 Å². The van der Waals surface area contributed by atoms with Crippen LogP contribution >= 0.6 is 0 Å². The first-order valence-corrected chi connectivity index (χ1v) is 15.3. The van der Waals surface area contributed by atoms with Crippen molar-refractivity contribution in [1.29, 1.82) is 0 Å². The number of hydrogen-bond acceptors (Lipinski definition) is 8. The lowest BCUT2D eigenvalue weighted by atomic mass is 9.95. The highest BCUT2D eigenvalue weighted by atomic mass is 16.5. The Bertz CT molecular complexity index is 1270. The summed E-state index contributed by atoms with van der Waals surface area (Å²) < 4.78 is 22.9. The molecule has 2 aliphatic rings. The van der Waals surface area contributed by atoms with E-state index in [4.69, 9.17) is 18.9 Å². The first-order valence-electron chi connectivity index (χ1n) is 15.3. The number of aliphatic hydroxyl groups excluding tert-OH is 1. The number of methoxy groups -OCH3 is 1. The van der Waals surface area contributed by atoms with Crippen molar-refractivity contribution < 1.29 is 33.6 Å². The van der Waals surface area contributed by atoms with Crippen LogP contribution in [-0.4, -0.2) is 86.3 Å². The largest absolute Gasteiger partial charge is 0.507 e. The van der Waals surface area contributed by atoms with Crippen molar-refractivity contribution in [2.24, 2.45) is 11.8 Å². The first kappa shape index (κ1) is 32.4. The number of aliphatic hydroxyl groups is 1. The van der Waals surface area contributed by atoms with E-state index >= 15 is 0 Å². The SMILES string of the molecule is COc1cc(C2C(=C(O)c3ccc(OCC(C)C)cc3)C(=O)C(=O)N2CCCN2CCOCC2)ccc1OCCC(C)C. The highest BCUT2D eigenvalue weighted by molar-refractivity contribution is 6.46. The highest BCUT2D eigenvalue weighted by Gasteiger charge is 2.46. The third-order valence-corrected chi connectivity index (χ3v) is 7.68. The number of nitrogens with zero attached hydrogens (tertiary/aromatic N) is 2. The lowest BCUT2D eigenvalue weighted by Crippen LogP contribution is -2.39. The van der Waals surface area contributed by atoms with Crippen LogP contribution in [0.2, 0.25) is 0 Å². The van der Waals surface area contributed by atoms with Gasteiger partial charge in [0.2, 0.25) is 0 Å². The molecule has 1 unspecified atom stereocenters. The summed E-state index contributed by atoms with van der Waals surface area (Å²) in [5, 5.41) is 11.5. The summed E-state index contributed by atoms with van der Waals surface area (Å²) in [5.74, 6) is 1.09. The van der Waals surface area contributed by atoms with Gasteiger partial charge in [0.15, 0.2) is 11.5 Å². The third kappa shape index (κ3) is 8.30. The topological polar surface area (TPSA) is 97.8 Å². The van der Waals surface area contributed by atoms with Gasteiger partial charge in [0.05, 0.1) is 45.2 Å². The number of ketones is 1. The molecule has 2 aromatic rings. The van der Waals surface area contributed by atoms with Gasteiger partial charge in [-0.1, -0.05) is 33.8 Å². The molecule has 9 heteroatoms. The standard InChI is InChI=1S/C34H46N2O7/c1-23(2)13-18-42-28-12-9-26(21-29(28)40-5)31-30(32(37)25-7-10-27(11-8-25)43-22-24(3)4)33(38)34(39)36(31)15-6-14-35-16-19-41-20-17-35/h7-12,21,23-24,31,37H,6,13-20,22H2,1-5H3. The number of carbonyl (C=O) groups excluding carboxylic acids is 2. The number of hydrogen-bond donors (Lipinski definition) is 1. The molecule has 43 heavy (non-hydrogen) atoms. The summed E-state index contributed by atoms with van der Waals surface area (Å²) in [6.07, 6.45) is 1.58. The maximum atomic E-state index is 13.5. The maximum absolute atomic E-state index is 13.5. The van der Waals surface area contributed by atoms with Crippen LogP contribution in [0.4, 0.5) is 0 Å². The minimum absolute atomic E-state index is 0.0581. The number of likely N-dealkylation sites (tertiary alicyclic amines) is 1. The first-order chi connectivity index (χ1) is 20.7. The molecular formula is C34H46N2O7. The highest BCUT2D eigenvalue weighted by Crippen LogP contribution is 2.42. The molecule has 0 spiro atoms. The van der Waals surface area contributed by atoms with Gasteiger partial charge in [0.25, 0.3) is 11.7 Å². The minimum Gasteiger partial charge on any atom is -0.507 e. The van der Waals surface area contributed by atoms with Crippen LogP contribution in [0.5, 0.6) is 17.2 Å². The number of benzene rings is 2. The normalized spacial score (nSPS) is 19.0. The third-order valence-electron chi connectivity index (χ3n) is 7.68. The predicted molar refractivity (Wildman–Crippen MR) is 166 cm³/mol. The molecule has 2 saturated heterocycles. The molecule has 0 aliphatic carbocycles. The lowest BCUT2D eigenvalue weighted by Gasteiger charge is -2.29. The number of ether oxygens (including phenoxy) is 4. The molecule has 0 aromatic heterocycles. The van der Waals surface area contributed by atoms with Crippen molar-refractivity contribution >= 4 is 17.4 Å². The van der Waals surface area contributed by atoms with E-state index in [1.165, 1.54) is 0 Å². The quantitative estimate of drug-likeness (QED) is 0.179. The molecule has 4 rings (SSSR count). The van der Waals surface area contributed by atoms with E-state index < -0.39 is 17.7 Å². The van der Waals surface area contributed by atoms with Gasteiger partial charge in [-0.25, -0.2) is 0 Å². The summed E-state index contributed by atoms with van der Waals surface area (Å²) in [6.45, 7) is 13.7. The van der Waals surface area contributed by atoms with Crippen molar-refractivity contribution in [3.63, 3.8) is 0 Å². The van der Waals surface area contributed by atoms with E-state index in [9.17, 15) is 14.7 Å². The molecule has 1 amide bonds. The zero-order valence-corrected chi connectivity index (χ0v) is 26.1. The van der Waals surface area contributed by atoms with Crippen molar-refractivity contribution in [2.75, 3.05) is 59.7 Å². The van der Waals surface area contributed by atoms with E-state index in [0.717, 1.165) is 26.1 Å². The Kier molecular flexibility index (Phi) is 11.5. The second kappa shape index (κ2) is 15.3. The zero-order chi connectivity index (χ0) is 30.9. The summed E-state index contributed by atoms with van der Waals surface area (Å²) in [4.78, 5) is 30.9. The molecule has 1 N–H and O–H groups in total. The molecule has 2 fully saturated rings. The van der Waals surface area contributed by atoms with Crippen molar-refractivity contribution in [1.82, 2.24) is 9.80 Å². The van der Waals surface area contributed by atoms with Crippen molar-refractivity contribution in [2.45, 2.75) is 46.6 Å². The van der Waals surface area contributed by atoms with Crippen molar-refractivity contribution in [3.8, 4) is 17.2 Å². The van der Waals surface area contributed by atoms with Crippen LogP contribution in [0.3, 0.4) is 0 Å². The number of amides is 1. The van der Waals surface area contributed by atoms with Gasteiger partial charge in [0, 0.05) is 31.7 Å². The molecule has 1 atom stereocenters. The monoisotopic (exact) mass is 594 g/mol. The Labute approximate surface area is 255 Å². The molecule has 234 valence electrons. The van der Waals surface area contributed by atoms with Crippen LogP contribution in [-0.2, 0) is 14.3 Å². The summed E-state index contributed by atoms with van der Waals surface area (Å²) >= 11 is 0. The smallest absolute Gasteiger partial charge is 0.295 e. The maximum Gasteiger partial charge on any atom is 0.295 e. The lowest BCUT2D eigenvalue weighted by molar-refractivity contribution is -0.140. The molecule has 0 bridgehead atoms. The van der Waals surface area contributed by atoms with Gasteiger partial charge in [-0.05, 0) is 66.6 Å². The van der Waals surface area contributed by atoms with Crippen LogP contribution in [0.15, 0.2) is 48.0 Å². The van der Waals surface area contributed by atoms with Crippen LogP contribution < -0.4 is 14.2 Å². The second-order valence-corrected chi connectivity index (χ2v) is 12.0. The van der Waals surface area contributed by atoms with Gasteiger partial charge in [-0.2, -0.15) is 0 Å². The number of carbonyl (C=O) groups is 2. The van der Waals surface area contributed by atoms with Crippen LogP contribution in [0, 0.1) is 11.8 Å². The number of rotatable bonds is 14. The van der Waals surface area contributed by atoms with E-state index in [0.29, 0.717) is 79.6 Å². The summed E-state index contributed by atoms with van der Waals surface area (Å²) in [7, 11) is 1.57. The van der Waals surface area contributed by atoms with Gasteiger partial charge in [-0.15, -0.1) is 0 Å². The molecule has 2 aromatic carbocycles. The number of morpholine rings is 1. The fourth-order valence-electron chi connectivity index (χ4n) is 5.25. The molecular weight excluding hydrogens is 548 g/mol. The second-order valence-electron chi connectivity index (χ2n) is 12.0. The van der Waals surface area contributed by atoms with Gasteiger partial charge >= 0.3 is 0 Å². The Morgan fingerprint density at radius 1 is 0.953 bits per heavy atom. The van der Waals surface area contributed by atoms with E-state index in [1.807, 2.05) is 12.1 Å². The molecule has 9 nitrogen and oxygen atoms in total. The van der Waals surface area contributed by atoms with Gasteiger partial charge in [0.1, 0.15) is 11.5 Å². The van der Waals surface area contributed by atoms with Gasteiger partial charge in [-0.3, -0.25) is 14.5 Å². The van der Waals surface area contributed by atoms with E-state index in [1.54, 1.807) is 42.3 Å². The predicted octanol–water partition coefficient (Wildman–Crippen LogP) is 5.30. The molecule has 2 heterocycles. The Morgan fingerprint density at radius 3 is 2.33 bits per heavy atom. The average molecular weight is 595 g/mol. The van der Waals surface area contributed by atoms with E-state index in [-0.39, 0.29) is 11.3 Å². The van der Waals surface area contributed by atoms with Gasteiger partial charge < -0.3 is 29.0 Å². The Balaban J connectivity index is 1.66. The number of Topliss-reactive ketones (excluding diaryl/α,β-unsaturated/α-hetero) is 1. The summed E-state index contributed by atoms with van der Waals surface area (Å²) in [5.41, 5.74) is 1.16. The zero-order valence-electron chi connectivity index (χ0n) is 26.1.